The standard InChI is InChI=1S/C13H17N5O3S/c1-12-2-4-13(5-3-12)22(20,21)17-10-8-16(9-11-17)18(15-19)7-6-14/h2-5H,7-11H2,1H3. The van der Waals surface area contributed by atoms with Crippen molar-refractivity contribution < 1.29 is 8.42 Å². The van der Waals surface area contributed by atoms with E-state index in [4.69, 9.17) is 5.26 Å². The van der Waals surface area contributed by atoms with Crippen molar-refractivity contribution in [3.63, 3.8) is 0 Å². The molecule has 118 valence electrons. The van der Waals surface area contributed by atoms with Gasteiger partial charge in [-0.3, -0.25) is 0 Å². The van der Waals surface area contributed by atoms with Crippen molar-refractivity contribution in [1.82, 2.24) is 14.4 Å². The monoisotopic (exact) mass is 323 g/mol. The lowest BCUT2D eigenvalue weighted by molar-refractivity contribution is -0.0356. The van der Waals surface area contributed by atoms with Crippen molar-refractivity contribution >= 4 is 10.0 Å². The fraction of sp³-hybridized carbons (Fsp3) is 0.462. The van der Waals surface area contributed by atoms with E-state index >= 15 is 0 Å². The molecule has 0 unspecified atom stereocenters. The van der Waals surface area contributed by atoms with E-state index < -0.39 is 10.0 Å². The lowest BCUT2D eigenvalue weighted by atomic mass is 10.2. The van der Waals surface area contributed by atoms with Crippen LogP contribution in [0.3, 0.4) is 0 Å². The summed E-state index contributed by atoms with van der Waals surface area (Å²) in [7, 11) is -3.53. The van der Waals surface area contributed by atoms with Gasteiger partial charge in [0, 0.05) is 26.2 Å². The molecule has 1 aromatic rings. The number of rotatable bonds is 5. The van der Waals surface area contributed by atoms with Crippen LogP contribution >= 0.6 is 0 Å². The number of nitriles is 1. The lowest BCUT2D eigenvalue weighted by Crippen LogP contribution is -2.53. The maximum Gasteiger partial charge on any atom is 0.243 e. The molecule has 1 aliphatic heterocycles. The molecule has 0 spiro atoms. The van der Waals surface area contributed by atoms with Gasteiger partial charge in [0.2, 0.25) is 10.0 Å². The molecule has 0 aromatic heterocycles. The van der Waals surface area contributed by atoms with E-state index in [1.807, 2.05) is 13.0 Å². The molecular formula is C13H17N5O3S. The van der Waals surface area contributed by atoms with E-state index in [2.05, 4.69) is 5.29 Å². The summed E-state index contributed by atoms with van der Waals surface area (Å²) in [5.41, 5.74) is 0.993. The van der Waals surface area contributed by atoms with Gasteiger partial charge >= 0.3 is 0 Å². The van der Waals surface area contributed by atoms with Crippen LogP contribution in [-0.4, -0.2) is 55.6 Å². The highest BCUT2D eigenvalue weighted by molar-refractivity contribution is 7.89. The zero-order valence-corrected chi connectivity index (χ0v) is 13.0. The third-order valence-corrected chi connectivity index (χ3v) is 5.42. The molecule has 9 heteroatoms. The fourth-order valence-electron chi connectivity index (χ4n) is 2.25. The average Bonchev–Trinajstić information content (AvgIpc) is 2.53. The summed E-state index contributed by atoms with van der Waals surface area (Å²) in [6.07, 6.45) is 0. The second-order valence-electron chi connectivity index (χ2n) is 4.94. The topological polar surface area (TPSA) is 97.1 Å². The van der Waals surface area contributed by atoms with Gasteiger partial charge in [-0.2, -0.15) is 19.7 Å². The zero-order valence-electron chi connectivity index (χ0n) is 12.2. The molecule has 0 radical (unpaired) electrons. The van der Waals surface area contributed by atoms with Gasteiger partial charge in [-0.05, 0) is 19.1 Å². The third-order valence-electron chi connectivity index (χ3n) is 3.51. The van der Waals surface area contributed by atoms with E-state index in [9.17, 15) is 13.3 Å². The van der Waals surface area contributed by atoms with Crippen LogP contribution < -0.4 is 0 Å². The Bertz CT molecular complexity index is 660. The highest BCUT2D eigenvalue weighted by Gasteiger charge is 2.30. The Morgan fingerprint density at radius 3 is 2.32 bits per heavy atom. The molecule has 2 rings (SSSR count). The quantitative estimate of drug-likeness (QED) is 0.450. The number of hydrogen-bond donors (Lipinski definition) is 0. The van der Waals surface area contributed by atoms with Gasteiger partial charge in [0.25, 0.3) is 0 Å². The van der Waals surface area contributed by atoms with Crippen LogP contribution in [0.15, 0.2) is 34.4 Å². The van der Waals surface area contributed by atoms with E-state index in [-0.39, 0.29) is 24.5 Å². The first-order valence-electron chi connectivity index (χ1n) is 6.78. The molecule has 1 aromatic carbocycles. The van der Waals surface area contributed by atoms with E-state index in [0.29, 0.717) is 13.1 Å². The number of aryl methyl sites for hydroxylation is 1. The highest BCUT2D eigenvalue weighted by Crippen LogP contribution is 2.18. The van der Waals surface area contributed by atoms with Crippen LogP contribution in [0.1, 0.15) is 5.56 Å². The molecule has 1 saturated heterocycles. The second-order valence-corrected chi connectivity index (χ2v) is 6.88. The van der Waals surface area contributed by atoms with Gasteiger partial charge in [0.15, 0.2) is 0 Å². The zero-order chi connectivity index (χ0) is 16.2. The average molecular weight is 323 g/mol. The Balaban J connectivity index is 2.06. The Hall–Kier alpha value is -2.02. The first kappa shape index (κ1) is 16.4. The Morgan fingerprint density at radius 1 is 1.23 bits per heavy atom. The van der Waals surface area contributed by atoms with Gasteiger partial charge in [-0.15, -0.1) is 4.91 Å². The van der Waals surface area contributed by atoms with Gasteiger partial charge in [-0.1, -0.05) is 17.7 Å². The summed E-state index contributed by atoms with van der Waals surface area (Å²) in [5.74, 6) is 0. The smallest absolute Gasteiger partial charge is 0.207 e. The van der Waals surface area contributed by atoms with E-state index in [1.165, 1.54) is 4.31 Å². The van der Waals surface area contributed by atoms with Crippen molar-refractivity contribution in [1.29, 1.82) is 5.26 Å². The minimum Gasteiger partial charge on any atom is -0.207 e. The van der Waals surface area contributed by atoms with Crippen LogP contribution in [0.25, 0.3) is 0 Å². The molecule has 0 bridgehead atoms. The van der Waals surface area contributed by atoms with Crippen LogP contribution in [0, 0.1) is 23.2 Å². The van der Waals surface area contributed by atoms with Crippen molar-refractivity contribution in [3.8, 4) is 6.07 Å². The number of piperazine rings is 1. The summed E-state index contributed by atoms with van der Waals surface area (Å²) in [6, 6.07) is 8.54. The predicted octanol–water partition coefficient (Wildman–Crippen LogP) is 0.723. The highest BCUT2D eigenvalue weighted by atomic mass is 32.2. The Labute approximate surface area is 129 Å². The maximum absolute atomic E-state index is 12.5. The number of hydrogen-bond acceptors (Lipinski definition) is 6. The summed E-state index contributed by atoms with van der Waals surface area (Å²) in [5, 5.41) is 14.0. The largest absolute Gasteiger partial charge is 0.243 e. The molecular weight excluding hydrogens is 306 g/mol. The minimum absolute atomic E-state index is 0.145. The summed E-state index contributed by atoms with van der Waals surface area (Å²) in [6.45, 7) is 2.87. The van der Waals surface area contributed by atoms with E-state index in [0.717, 1.165) is 10.7 Å². The van der Waals surface area contributed by atoms with Gasteiger partial charge in [0.1, 0.15) is 6.54 Å². The Kier molecular flexibility index (Phi) is 5.07. The number of nitrogens with zero attached hydrogens (tertiary/aromatic N) is 5. The molecule has 1 fully saturated rings. The Morgan fingerprint density at radius 2 is 1.82 bits per heavy atom. The molecule has 1 aliphatic rings. The minimum atomic E-state index is -3.53. The molecule has 0 atom stereocenters. The summed E-state index contributed by atoms with van der Waals surface area (Å²) in [4.78, 5) is 10.9. The van der Waals surface area contributed by atoms with Crippen molar-refractivity contribution in [3.05, 3.63) is 34.7 Å². The molecule has 8 nitrogen and oxygen atoms in total. The molecule has 0 aliphatic carbocycles. The number of nitroso groups, excluding NO2 is 1. The first-order chi connectivity index (χ1) is 10.5. The molecule has 0 N–H and O–H groups in total. The van der Waals surface area contributed by atoms with E-state index in [1.54, 1.807) is 29.3 Å². The van der Waals surface area contributed by atoms with Gasteiger partial charge in [-0.25, -0.2) is 8.42 Å². The number of hydrazine groups is 1. The number of sulfonamides is 1. The SMILES string of the molecule is Cc1ccc(S(=O)(=O)N2CCN(N(CC#N)N=O)CC2)cc1. The maximum atomic E-state index is 12.5. The fourth-order valence-corrected chi connectivity index (χ4v) is 3.67. The second kappa shape index (κ2) is 6.83. The van der Waals surface area contributed by atoms with Crippen LogP contribution in [0.4, 0.5) is 0 Å². The summed E-state index contributed by atoms with van der Waals surface area (Å²) < 4.78 is 26.4. The predicted molar refractivity (Wildman–Crippen MR) is 79.6 cm³/mol. The third kappa shape index (κ3) is 3.41. The summed E-state index contributed by atoms with van der Waals surface area (Å²) >= 11 is 0. The number of benzene rings is 1. The molecule has 0 saturated carbocycles. The van der Waals surface area contributed by atoms with Crippen LogP contribution in [0.2, 0.25) is 0 Å². The normalized spacial score (nSPS) is 16.9. The molecule has 0 amide bonds. The van der Waals surface area contributed by atoms with Crippen LogP contribution in [-0.2, 0) is 10.0 Å². The van der Waals surface area contributed by atoms with Gasteiger partial charge < -0.3 is 0 Å². The molecule has 22 heavy (non-hydrogen) atoms. The van der Waals surface area contributed by atoms with Crippen molar-refractivity contribution in [2.75, 3.05) is 32.7 Å². The van der Waals surface area contributed by atoms with Crippen LogP contribution in [0.5, 0.6) is 0 Å². The molecule has 1 heterocycles. The lowest BCUT2D eigenvalue weighted by Gasteiger charge is -2.36. The van der Waals surface area contributed by atoms with Crippen molar-refractivity contribution in [2.45, 2.75) is 11.8 Å². The first-order valence-corrected chi connectivity index (χ1v) is 8.22. The van der Waals surface area contributed by atoms with Crippen molar-refractivity contribution in [2.24, 2.45) is 5.29 Å². The van der Waals surface area contributed by atoms with Gasteiger partial charge in [0.05, 0.1) is 16.3 Å².